The predicted molar refractivity (Wildman–Crippen MR) is 86.0 cm³/mol. The highest BCUT2D eigenvalue weighted by Crippen LogP contribution is 2.36. The number of nitrogens with two attached hydrogens (primary N) is 1. The summed E-state index contributed by atoms with van der Waals surface area (Å²) in [5.74, 6) is 0.586. The van der Waals surface area contributed by atoms with Gasteiger partial charge in [0.2, 0.25) is 0 Å². The largest absolute Gasteiger partial charge is 0.383 e. The van der Waals surface area contributed by atoms with Crippen molar-refractivity contribution < 1.29 is 0 Å². The highest BCUT2D eigenvalue weighted by Gasteiger charge is 2.19. The Balaban J connectivity index is 2.29. The average molecular weight is 299 g/mol. The molecule has 0 bridgehead atoms. The second-order valence-corrected chi connectivity index (χ2v) is 5.34. The number of aromatic nitrogens is 3. The number of halogens is 1. The summed E-state index contributed by atoms with van der Waals surface area (Å²) in [6.45, 7) is 2.03. The molecule has 0 amide bonds. The van der Waals surface area contributed by atoms with E-state index in [-0.39, 0.29) is 0 Å². The van der Waals surface area contributed by atoms with Crippen LogP contribution in [0.2, 0.25) is 5.02 Å². The number of benzene rings is 1. The molecule has 0 aliphatic carbocycles. The van der Waals surface area contributed by atoms with E-state index in [2.05, 4.69) is 10.1 Å². The summed E-state index contributed by atoms with van der Waals surface area (Å²) in [7, 11) is 1.82. The number of nitrogen functional groups attached to an aromatic ring is 1. The Morgan fingerprint density at radius 2 is 2.00 bits per heavy atom. The number of aryl methyl sites for hydroxylation is 2. The van der Waals surface area contributed by atoms with Crippen molar-refractivity contribution in [3.8, 4) is 22.5 Å². The summed E-state index contributed by atoms with van der Waals surface area (Å²) in [6, 6.07) is 11.5. The third-order valence-electron chi connectivity index (χ3n) is 3.47. The Bertz CT molecular complexity index is 794. The predicted octanol–water partition coefficient (Wildman–Crippen LogP) is 3.69. The standard InChI is InChI=1S/C16H15ClN4/c1-10-6-7-11(17)9-12(10)15-14(16(18)21(2)20-15)13-5-3-4-8-19-13/h3-9H,18H2,1-2H3. The first kappa shape index (κ1) is 13.6. The van der Waals surface area contributed by atoms with Crippen molar-refractivity contribution in [2.45, 2.75) is 6.92 Å². The van der Waals surface area contributed by atoms with E-state index in [1.807, 2.05) is 50.4 Å². The molecule has 0 aliphatic rings. The molecule has 1 aromatic carbocycles. The number of hydrogen-bond donors (Lipinski definition) is 1. The van der Waals surface area contributed by atoms with Crippen LogP contribution in [0, 0.1) is 6.92 Å². The molecule has 3 rings (SSSR count). The van der Waals surface area contributed by atoms with Gasteiger partial charge in [-0.25, -0.2) is 0 Å². The summed E-state index contributed by atoms with van der Waals surface area (Å²) >= 11 is 6.13. The minimum atomic E-state index is 0.586. The molecule has 0 unspecified atom stereocenters. The third-order valence-corrected chi connectivity index (χ3v) is 3.70. The molecule has 4 nitrogen and oxygen atoms in total. The molecule has 0 saturated carbocycles. The Kier molecular flexibility index (Phi) is 3.39. The van der Waals surface area contributed by atoms with E-state index in [0.29, 0.717) is 10.8 Å². The molecule has 0 radical (unpaired) electrons. The average Bonchev–Trinajstić information content (AvgIpc) is 2.78. The maximum absolute atomic E-state index is 6.19. The van der Waals surface area contributed by atoms with Crippen molar-refractivity contribution in [1.82, 2.24) is 14.8 Å². The van der Waals surface area contributed by atoms with Crippen LogP contribution in [0.4, 0.5) is 5.82 Å². The molecule has 2 aromatic heterocycles. The van der Waals surface area contributed by atoms with Crippen molar-refractivity contribution in [2.75, 3.05) is 5.73 Å². The van der Waals surface area contributed by atoms with Crippen LogP contribution in [0.3, 0.4) is 0 Å². The lowest BCUT2D eigenvalue weighted by Gasteiger charge is -2.07. The van der Waals surface area contributed by atoms with Crippen molar-refractivity contribution in [1.29, 1.82) is 0 Å². The molecule has 2 heterocycles. The van der Waals surface area contributed by atoms with Gasteiger partial charge in [-0.3, -0.25) is 9.67 Å². The van der Waals surface area contributed by atoms with E-state index in [1.165, 1.54) is 0 Å². The number of nitrogens with zero attached hydrogens (tertiary/aromatic N) is 3. The smallest absolute Gasteiger partial charge is 0.131 e. The molecule has 2 N–H and O–H groups in total. The molecule has 0 aliphatic heterocycles. The molecule has 21 heavy (non-hydrogen) atoms. The van der Waals surface area contributed by atoms with E-state index in [1.54, 1.807) is 10.9 Å². The highest BCUT2D eigenvalue weighted by molar-refractivity contribution is 6.30. The van der Waals surface area contributed by atoms with Gasteiger partial charge in [0.1, 0.15) is 11.5 Å². The fourth-order valence-corrected chi connectivity index (χ4v) is 2.51. The summed E-state index contributed by atoms with van der Waals surface area (Å²) in [4.78, 5) is 4.40. The maximum Gasteiger partial charge on any atom is 0.131 e. The van der Waals surface area contributed by atoms with Crippen LogP contribution in [0.5, 0.6) is 0 Å². The Labute approximate surface area is 128 Å². The van der Waals surface area contributed by atoms with Gasteiger partial charge in [-0.2, -0.15) is 5.10 Å². The fraction of sp³-hybridized carbons (Fsp3) is 0.125. The third kappa shape index (κ3) is 2.38. The summed E-state index contributed by atoms with van der Waals surface area (Å²) in [6.07, 6.45) is 1.75. The first-order valence-electron chi connectivity index (χ1n) is 6.58. The highest BCUT2D eigenvalue weighted by atomic mass is 35.5. The van der Waals surface area contributed by atoms with Crippen molar-refractivity contribution in [3.63, 3.8) is 0 Å². The number of hydrogen-bond acceptors (Lipinski definition) is 3. The van der Waals surface area contributed by atoms with E-state index in [9.17, 15) is 0 Å². The normalized spacial score (nSPS) is 10.8. The quantitative estimate of drug-likeness (QED) is 0.785. The zero-order chi connectivity index (χ0) is 15.0. The fourth-order valence-electron chi connectivity index (χ4n) is 2.34. The van der Waals surface area contributed by atoms with Gasteiger partial charge in [0, 0.05) is 23.8 Å². The number of anilines is 1. The molecular weight excluding hydrogens is 284 g/mol. The second-order valence-electron chi connectivity index (χ2n) is 4.91. The molecule has 0 fully saturated rings. The van der Waals surface area contributed by atoms with Crippen LogP contribution in [0.25, 0.3) is 22.5 Å². The SMILES string of the molecule is Cc1ccc(Cl)cc1-c1nn(C)c(N)c1-c1ccccn1. The minimum Gasteiger partial charge on any atom is -0.383 e. The first-order chi connectivity index (χ1) is 10.1. The van der Waals surface area contributed by atoms with Gasteiger partial charge in [-0.05, 0) is 36.8 Å². The van der Waals surface area contributed by atoms with Crippen molar-refractivity contribution in [3.05, 3.63) is 53.2 Å². The Morgan fingerprint density at radius 1 is 1.19 bits per heavy atom. The van der Waals surface area contributed by atoms with Gasteiger partial charge in [0.25, 0.3) is 0 Å². The van der Waals surface area contributed by atoms with Crippen LogP contribution in [-0.2, 0) is 7.05 Å². The number of pyridine rings is 1. The maximum atomic E-state index is 6.19. The van der Waals surface area contributed by atoms with Crippen molar-refractivity contribution >= 4 is 17.4 Å². The first-order valence-corrected chi connectivity index (χ1v) is 6.96. The van der Waals surface area contributed by atoms with Crippen LogP contribution in [-0.4, -0.2) is 14.8 Å². The van der Waals surface area contributed by atoms with Gasteiger partial charge in [-0.1, -0.05) is 23.7 Å². The lowest BCUT2D eigenvalue weighted by atomic mass is 10.0. The van der Waals surface area contributed by atoms with E-state index in [0.717, 1.165) is 28.1 Å². The van der Waals surface area contributed by atoms with Gasteiger partial charge < -0.3 is 5.73 Å². The van der Waals surface area contributed by atoms with Gasteiger partial charge in [0.05, 0.1) is 11.3 Å². The molecule has 0 saturated heterocycles. The molecule has 0 spiro atoms. The molecule has 106 valence electrons. The minimum absolute atomic E-state index is 0.586. The van der Waals surface area contributed by atoms with Crippen LogP contribution < -0.4 is 5.73 Å². The topological polar surface area (TPSA) is 56.7 Å². The molecule has 0 atom stereocenters. The summed E-state index contributed by atoms with van der Waals surface area (Å²) < 4.78 is 1.67. The van der Waals surface area contributed by atoms with Crippen LogP contribution in [0.15, 0.2) is 42.6 Å². The molecule has 3 aromatic rings. The van der Waals surface area contributed by atoms with Gasteiger partial charge >= 0.3 is 0 Å². The van der Waals surface area contributed by atoms with Gasteiger partial charge in [-0.15, -0.1) is 0 Å². The monoisotopic (exact) mass is 298 g/mol. The Morgan fingerprint density at radius 3 is 2.71 bits per heavy atom. The van der Waals surface area contributed by atoms with E-state index < -0.39 is 0 Å². The zero-order valence-corrected chi connectivity index (χ0v) is 12.6. The van der Waals surface area contributed by atoms with Crippen LogP contribution >= 0.6 is 11.6 Å². The number of rotatable bonds is 2. The second kappa shape index (κ2) is 5.22. The zero-order valence-electron chi connectivity index (χ0n) is 11.8. The van der Waals surface area contributed by atoms with Crippen molar-refractivity contribution in [2.24, 2.45) is 7.05 Å². The summed E-state index contributed by atoms with van der Waals surface area (Å²) in [5.41, 5.74) is 10.7. The van der Waals surface area contributed by atoms with Gasteiger partial charge in [0.15, 0.2) is 0 Å². The molecular formula is C16H15ClN4. The van der Waals surface area contributed by atoms with E-state index in [4.69, 9.17) is 17.3 Å². The summed E-state index contributed by atoms with van der Waals surface area (Å²) in [5, 5.41) is 5.22. The lowest BCUT2D eigenvalue weighted by Crippen LogP contribution is -1.98. The lowest BCUT2D eigenvalue weighted by molar-refractivity contribution is 0.782. The van der Waals surface area contributed by atoms with E-state index >= 15 is 0 Å². The molecule has 5 heteroatoms. The Hall–Kier alpha value is -2.33. The van der Waals surface area contributed by atoms with Crippen LogP contribution in [0.1, 0.15) is 5.56 Å².